The number of benzene rings is 1. The van der Waals surface area contributed by atoms with Crippen molar-refractivity contribution in [2.45, 2.75) is 45.2 Å². The number of nitrogens with one attached hydrogen (secondary N) is 1. The van der Waals surface area contributed by atoms with Gasteiger partial charge in [-0.1, -0.05) is 18.6 Å². The monoisotopic (exact) mass is 247 g/mol. The summed E-state index contributed by atoms with van der Waals surface area (Å²) in [6.45, 7) is 3.08. The maximum absolute atomic E-state index is 13.1. The van der Waals surface area contributed by atoms with Gasteiger partial charge in [-0.25, -0.2) is 4.39 Å². The predicted molar refractivity (Wildman–Crippen MR) is 71.6 cm³/mol. The molecular weight excluding hydrogens is 225 g/mol. The molecule has 0 spiro atoms. The van der Waals surface area contributed by atoms with Crippen LogP contribution < -0.4 is 5.32 Å². The minimum Gasteiger partial charge on any atom is -0.310 e. The molecule has 2 bridgehead atoms. The van der Waals surface area contributed by atoms with E-state index in [9.17, 15) is 4.39 Å². The molecule has 0 radical (unpaired) electrons. The largest absolute Gasteiger partial charge is 0.310 e. The normalized spacial score (nSPS) is 31.8. The van der Waals surface area contributed by atoms with Crippen molar-refractivity contribution in [3.8, 4) is 0 Å². The molecule has 2 aliphatic rings. The van der Waals surface area contributed by atoms with E-state index >= 15 is 0 Å². The Kier molecular flexibility index (Phi) is 3.38. The second kappa shape index (κ2) is 5.00. The lowest BCUT2D eigenvalue weighted by atomic mass is 9.84. The van der Waals surface area contributed by atoms with Crippen LogP contribution in [0.1, 0.15) is 38.2 Å². The number of halogens is 1. The van der Waals surface area contributed by atoms with Crippen molar-refractivity contribution >= 4 is 0 Å². The molecule has 2 aliphatic carbocycles. The van der Waals surface area contributed by atoms with E-state index in [1.807, 2.05) is 6.07 Å². The first-order valence-electron chi connectivity index (χ1n) is 7.20. The summed E-state index contributed by atoms with van der Waals surface area (Å²) < 4.78 is 13.1. The Labute approximate surface area is 109 Å². The zero-order valence-electron chi connectivity index (χ0n) is 11.0. The highest BCUT2D eigenvalue weighted by Crippen LogP contribution is 2.49. The highest BCUT2D eigenvalue weighted by atomic mass is 19.1. The highest BCUT2D eigenvalue weighted by Gasteiger charge is 2.41. The van der Waals surface area contributed by atoms with E-state index < -0.39 is 0 Å². The van der Waals surface area contributed by atoms with Gasteiger partial charge in [-0.05, 0) is 61.6 Å². The summed E-state index contributed by atoms with van der Waals surface area (Å²) in [5, 5.41) is 3.59. The molecule has 1 aromatic carbocycles. The maximum Gasteiger partial charge on any atom is 0.123 e. The van der Waals surface area contributed by atoms with Crippen molar-refractivity contribution in [3.05, 3.63) is 35.6 Å². The van der Waals surface area contributed by atoms with E-state index in [0.29, 0.717) is 6.04 Å². The first-order valence-corrected chi connectivity index (χ1v) is 7.20. The Morgan fingerprint density at radius 1 is 1.33 bits per heavy atom. The van der Waals surface area contributed by atoms with Crippen LogP contribution in [0.5, 0.6) is 0 Å². The third-order valence-corrected chi connectivity index (χ3v) is 4.95. The van der Waals surface area contributed by atoms with Crippen LogP contribution in [0.3, 0.4) is 0 Å². The topological polar surface area (TPSA) is 12.0 Å². The van der Waals surface area contributed by atoms with Crippen LogP contribution in [0.2, 0.25) is 0 Å². The van der Waals surface area contributed by atoms with Gasteiger partial charge >= 0.3 is 0 Å². The van der Waals surface area contributed by atoms with E-state index in [2.05, 4.69) is 12.2 Å². The second-order valence-electron chi connectivity index (χ2n) is 6.14. The molecule has 2 saturated carbocycles. The molecule has 98 valence electrons. The van der Waals surface area contributed by atoms with Gasteiger partial charge in [0.15, 0.2) is 0 Å². The fourth-order valence-corrected chi connectivity index (χ4v) is 3.98. The van der Waals surface area contributed by atoms with Gasteiger partial charge in [0.1, 0.15) is 5.82 Å². The Balaban J connectivity index is 1.54. The lowest BCUT2D eigenvalue weighted by Crippen LogP contribution is -2.35. The van der Waals surface area contributed by atoms with Crippen LogP contribution >= 0.6 is 0 Å². The van der Waals surface area contributed by atoms with E-state index in [1.54, 1.807) is 12.1 Å². The molecule has 3 rings (SSSR count). The zero-order valence-corrected chi connectivity index (χ0v) is 11.0. The van der Waals surface area contributed by atoms with Gasteiger partial charge in [0.25, 0.3) is 0 Å². The van der Waals surface area contributed by atoms with Crippen molar-refractivity contribution in [1.29, 1.82) is 0 Å². The molecule has 1 nitrogen and oxygen atoms in total. The quantitative estimate of drug-likeness (QED) is 0.854. The third-order valence-electron chi connectivity index (χ3n) is 4.95. The molecular formula is C16H22FN. The first-order chi connectivity index (χ1) is 8.72. The lowest BCUT2D eigenvalue weighted by molar-refractivity contribution is 0.259. The van der Waals surface area contributed by atoms with Gasteiger partial charge in [0.2, 0.25) is 0 Å². The lowest BCUT2D eigenvalue weighted by Gasteiger charge is -2.28. The first kappa shape index (κ1) is 12.2. The molecule has 1 N–H and O–H groups in total. The van der Waals surface area contributed by atoms with Gasteiger partial charge in [0, 0.05) is 12.6 Å². The van der Waals surface area contributed by atoms with E-state index in [1.165, 1.54) is 31.7 Å². The molecule has 4 atom stereocenters. The van der Waals surface area contributed by atoms with Crippen molar-refractivity contribution in [2.24, 2.45) is 17.8 Å². The molecule has 0 unspecified atom stereocenters. The summed E-state index contributed by atoms with van der Waals surface area (Å²) in [4.78, 5) is 0. The molecule has 18 heavy (non-hydrogen) atoms. The SMILES string of the molecule is C[C@H](NCc1cccc(F)c1)[C@H]1C[C@H]2CC[C@H]1C2. The molecule has 2 heteroatoms. The van der Waals surface area contributed by atoms with Crippen LogP contribution in [0.4, 0.5) is 4.39 Å². The Bertz CT molecular complexity index is 417. The summed E-state index contributed by atoms with van der Waals surface area (Å²) in [5.41, 5.74) is 1.05. The number of hydrogen-bond donors (Lipinski definition) is 1. The van der Waals surface area contributed by atoms with Crippen LogP contribution in [-0.2, 0) is 6.54 Å². The third kappa shape index (κ3) is 2.44. The van der Waals surface area contributed by atoms with Gasteiger partial charge in [-0.3, -0.25) is 0 Å². The predicted octanol–water partition coefficient (Wildman–Crippen LogP) is 3.74. The summed E-state index contributed by atoms with van der Waals surface area (Å²) in [7, 11) is 0. The van der Waals surface area contributed by atoms with Crippen molar-refractivity contribution in [3.63, 3.8) is 0 Å². The molecule has 0 aromatic heterocycles. The van der Waals surface area contributed by atoms with Crippen LogP contribution in [0.25, 0.3) is 0 Å². The average Bonchev–Trinajstić information content (AvgIpc) is 2.98. The number of hydrogen-bond acceptors (Lipinski definition) is 1. The molecule has 0 amide bonds. The van der Waals surface area contributed by atoms with Crippen molar-refractivity contribution < 1.29 is 4.39 Å². The smallest absolute Gasteiger partial charge is 0.123 e. The number of fused-ring (bicyclic) bond motifs is 2. The summed E-state index contributed by atoms with van der Waals surface area (Å²) in [6.07, 6.45) is 5.75. The molecule has 1 aromatic rings. The molecule has 2 fully saturated rings. The Morgan fingerprint density at radius 2 is 2.22 bits per heavy atom. The van der Waals surface area contributed by atoms with Crippen LogP contribution in [0.15, 0.2) is 24.3 Å². The van der Waals surface area contributed by atoms with E-state index in [-0.39, 0.29) is 5.82 Å². The Morgan fingerprint density at radius 3 is 2.89 bits per heavy atom. The van der Waals surface area contributed by atoms with Gasteiger partial charge in [-0.2, -0.15) is 0 Å². The fourth-order valence-electron chi connectivity index (χ4n) is 3.98. The zero-order chi connectivity index (χ0) is 12.5. The summed E-state index contributed by atoms with van der Waals surface area (Å²) >= 11 is 0. The summed E-state index contributed by atoms with van der Waals surface area (Å²) in [5.74, 6) is 2.66. The minimum atomic E-state index is -0.137. The van der Waals surface area contributed by atoms with Crippen LogP contribution in [-0.4, -0.2) is 6.04 Å². The minimum absolute atomic E-state index is 0.137. The van der Waals surface area contributed by atoms with Crippen LogP contribution in [0, 0.1) is 23.6 Å². The average molecular weight is 247 g/mol. The van der Waals surface area contributed by atoms with E-state index in [4.69, 9.17) is 0 Å². The summed E-state index contributed by atoms with van der Waals surface area (Å²) in [6, 6.07) is 7.46. The highest BCUT2D eigenvalue weighted by molar-refractivity contribution is 5.16. The van der Waals surface area contributed by atoms with Gasteiger partial charge < -0.3 is 5.32 Å². The Hall–Kier alpha value is -0.890. The molecule has 0 saturated heterocycles. The van der Waals surface area contributed by atoms with Gasteiger partial charge in [0.05, 0.1) is 0 Å². The van der Waals surface area contributed by atoms with E-state index in [0.717, 1.165) is 29.9 Å². The fraction of sp³-hybridized carbons (Fsp3) is 0.625. The van der Waals surface area contributed by atoms with Crippen molar-refractivity contribution in [2.75, 3.05) is 0 Å². The number of rotatable bonds is 4. The van der Waals surface area contributed by atoms with Crippen molar-refractivity contribution in [1.82, 2.24) is 5.32 Å². The standard InChI is InChI=1S/C16H22FN/c1-11(16-9-12-5-6-14(16)7-12)18-10-13-3-2-4-15(17)8-13/h2-4,8,11-12,14,16,18H,5-7,9-10H2,1H3/t11-,12-,14-,16+/m0/s1. The molecule has 0 heterocycles. The maximum atomic E-state index is 13.1. The second-order valence-corrected chi connectivity index (χ2v) is 6.14. The molecule has 0 aliphatic heterocycles. The van der Waals surface area contributed by atoms with Gasteiger partial charge in [-0.15, -0.1) is 0 Å².